The first-order valence-corrected chi connectivity index (χ1v) is 9.16. The third kappa shape index (κ3) is 3.87. The lowest BCUT2D eigenvalue weighted by Crippen LogP contribution is -2.51. The highest BCUT2D eigenvalue weighted by molar-refractivity contribution is 5.76. The molecule has 0 aliphatic carbocycles. The van der Waals surface area contributed by atoms with Crippen molar-refractivity contribution in [2.75, 3.05) is 31.2 Å². The normalized spacial score (nSPS) is 20.5. The molecule has 4 rings (SSSR count). The van der Waals surface area contributed by atoms with E-state index < -0.39 is 12.2 Å². The Labute approximate surface area is 160 Å². The van der Waals surface area contributed by atoms with Crippen LogP contribution in [0.1, 0.15) is 25.6 Å². The number of hydrogen-bond donors (Lipinski definition) is 1. The maximum atomic E-state index is 12.5. The molecule has 2 saturated heterocycles. The largest absolute Gasteiger partial charge is 0.410 e. The highest BCUT2D eigenvalue weighted by atomic mass is 19.4. The summed E-state index contributed by atoms with van der Waals surface area (Å²) in [7, 11) is 0. The molecule has 0 aromatic carbocycles. The molecule has 4 heterocycles. The van der Waals surface area contributed by atoms with E-state index in [4.69, 9.17) is 4.74 Å². The van der Waals surface area contributed by atoms with Gasteiger partial charge in [0, 0.05) is 24.7 Å². The summed E-state index contributed by atoms with van der Waals surface area (Å²) >= 11 is 0. The summed E-state index contributed by atoms with van der Waals surface area (Å²) in [5.41, 5.74) is 0.876. The molecule has 2 aromatic heterocycles. The van der Waals surface area contributed by atoms with E-state index in [9.17, 15) is 13.2 Å². The molecule has 0 amide bonds. The minimum Gasteiger partial charge on any atom is -0.380 e. The molecule has 0 saturated carbocycles. The number of aromatic nitrogens is 4. The van der Waals surface area contributed by atoms with Gasteiger partial charge in [0.1, 0.15) is 23.4 Å². The first-order valence-electron chi connectivity index (χ1n) is 9.16. The summed E-state index contributed by atoms with van der Waals surface area (Å²) in [5.74, 6) is 1.50. The fraction of sp³-hybridized carbons (Fsp3) is 0.556. The highest BCUT2D eigenvalue weighted by Crippen LogP contribution is 2.39. The maximum absolute atomic E-state index is 12.5. The van der Waals surface area contributed by atoms with Crippen molar-refractivity contribution in [3.63, 3.8) is 0 Å². The topological polar surface area (TPSA) is 79.3 Å². The molecular weight excluding hydrogens is 373 g/mol. The Morgan fingerprint density at radius 3 is 2.68 bits per heavy atom. The van der Waals surface area contributed by atoms with E-state index in [1.165, 1.54) is 6.20 Å². The second-order valence-corrected chi connectivity index (χ2v) is 7.40. The van der Waals surface area contributed by atoms with Crippen molar-refractivity contribution in [2.45, 2.75) is 32.0 Å². The molecule has 2 aromatic rings. The van der Waals surface area contributed by atoms with Crippen LogP contribution in [-0.4, -0.2) is 64.7 Å². The zero-order valence-electron chi connectivity index (χ0n) is 15.4. The Kier molecular flexibility index (Phi) is 4.82. The van der Waals surface area contributed by atoms with Gasteiger partial charge in [0.15, 0.2) is 5.82 Å². The van der Waals surface area contributed by atoms with Gasteiger partial charge in [-0.2, -0.15) is 13.2 Å². The zero-order valence-corrected chi connectivity index (χ0v) is 15.4. The van der Waals surface area contributed by atoms with Crippen LogP contribution >= 0.6 is 0 Å². The van der Waals surface area contributed by atoms with Gasteiger partial charge >= 0.3 is 6.18 Å². The van der Waals surface area contributed by atoms with Crippen molar-refractivity contribution in [2.24, 2.45) is 10.4 Å². The summed E-state index contributed by atoms with van der Waals surface area (Å²) in [6.07, 6.45) is 2.03. The van der Waals surface area contributed by atoms with Gasteiger partial charge in [-0.3, -0.25) is 4.99 Å². The third-order valence-corrected chi connectivity index (χ3v) is 5.34. The van der Waals surface area contributed by atoms with Crippen molar-refractivity contribution < 1.29 is 17.9 Å². The lowest BCUT2D eigenvalue weighted by Gasteiger charge is -2.47. The van der Waals surface area contributed by atoms with Crippen LogP contribution < -0.4 is 4.90 Å². The second kappa shape index (κ2) is 7.16. The van der Waals surface area contributed by atoms with E-state index in [-0.39, 0.29) is 5.82 Å². The molecule has 1 atom stereocenters. The van der Waals surface area contributed by atoms with Gasteiger partial charge in [0.05, 0.1) is 25.6 Å². The Morgan fingerprint density at radius 2 is 2.04 bits per heavy atom. The quantitative estimate of drug-likeness (QED) is 0.807. The standard InChI is InChI=1S/C18H21F3N6O/c1-12(18(19,20)21)23-9-14-24-8-13(25-14)16-22-5-2-15(26-16)27-6-3-17(4-7-27)10-28-11-17/h2,5,8-9,12H,3-4,6-7,10-11H2,1H3,(H,24,25)/t12-/m1/s1. The van der Waals surface area contributed by atoms with Crippen LogP contribution in [0.15, 0.2) is 23.5 Å². The number of piperidine rings is 1. The van der Waals surface area contributed by atoms with E-state index in [2.05, 4.69) is 29.8 Å². The van der Waals surface area contributed by atoms with Crippen LogP contribution in [0.2, 0.25) is 0 Å². The molecule has 2 fully saturated rings. The number of nitrogens with zero attached hydrogens (tertiary/aromatic N) is 5. The summed E-state index contributed by atoms with van der Waals surface area (Å²) in [5, 5.41) is 0. The van der Waals surface area contributed by atoms with Gasteiger partial charge in [-0.1, -0.05) is 0 Å². The molecule has 10 heteroatoms. The molecule has 150 valence electrons. The molecule has 0 unspecified atom stereocenters. The second-order valence-electron chi connectivity index (χ2n) is 7.40. The predicted molar refractivity (Wildman–Crippen MR) is 97.4 cm³/mol. The van der Waals surface area contributed by atoms with Crippen LogP contribution in [-0.2, 0) is 4.74 Å². The number of rotatable bonds is 4. The Hall–Kier alpha value is -2.49. The van der Waals surface area contributed by atoms with Crippen molar-refractivity contribution >= 4 is 12.0 Å². The maximum Gasteiger partial charge on any atom is 0.410 e. The number of anilines is 1. The van der Waals surface area contributed by atoms with Crippen molar-refractivity contribution in [3.05, 3.63) is 24.3 Å². The Morgan fingerprint density at radius 1 is 1.29 bits per heavy atom. The van der Waals surface area contributed by atoms with Gasteiger partial charge < -0.3 is 14.6 Å². The first-order chi connectivity index (χ1) is 13.3. The number of halogens is 3. The number of alkyl halides is 3. The summed E-state index contributed by atoms with van der Waals surface area (Å²) in [6.45, 7) is 4.51. The molecule has 28 heavy (non-hydrogen) atoms. The van der Waals surface area contributed by atoms with Crippen molar-refractivity contribution in [3.8, 4) is 11.5 Å². The molecule has 2 aliphatic heterocycles. The van der Waals surface area contributed by atoms with Gasteiger partial charge in [0.2, 0.25) is 0 Å². The van der Waals surface area contributed by atoms with Crippen molar-refractivity contribution in [1.82, 2.24) is 19.9 Å². The molecule has 0 bridgehead atoms. The number of nitrogens with one attached hydrogen (secondary N) is 1. The minimum absolute atomic E-state index is 0.227. The van der Waals surface area contributed by atoms with Crippen LogP contribution in [0.25, 0.3) is 11.5 Å². The Bertz CT molecular complexity index is 851. The lowest BCUT2D eigenvalue weighted by atomic mass is 9.77. The zero-order chi connectivity index (χ0) is 19.8. The van der Waals surface area contributed by atoms with Gasteiger partial charge in [-0.05, 0) is 25.8 Å². The van der Waals surface area contributed by atoms with Crippen LogP contribution in [0.4, 0.5) is 19.0 Å². The van der Waals surface area contributed by atoms with Gasteiger partial charge in [0.25, 0.3) is 0 Å². The summed E-state index contributed by atoms with van der Waals surface area (Å²) in [4.78, 5) is 21.5. The van der Waals surface area contributed by atoms with Crippen LogP contribution in [0.5, 0.6) is 0 Å². The smallest absolute Gasteiger partial charge is 0.380 e. The predicted octanol–water partition coefficient (Wildman–Crippen LogP) is 2.85. The number of H-pyrrole nitrogens is 1. The van der Waals surface area contributed by atoms with E-state index in [1.807, 2.05) is 6.07 Å². The van der Waals surface area contributed by atoms with Crippen LogP contribution in [0.3, 0.4) is 0 Å². The average Bonchev–Trinajstić information content (AvgIpc) is 3.13. The Balaban J connectivity index is 1.45. The van der Waals surface area contributed by atoms with E-state index >= 15 is 0 Å². The highest BCUT2D eigenvalue weighted by Gasteiger charge is 2.41. The molecule has 0 radical (unpaired) electrons. The van der Waals surface area contributed by atoms with Crippen molar-refractivity contribution in [1.29, 1.82) is 0 Å². The van der Waals surface area contributed by atoms with Crippen LogP contribution in [0, 0.1) is 5.41 Å². The van der Waals surface area contributed by atoms with Gasteiger partial charge in [-0.25, -0.2) is 15.0 Å². The van der Waals surface area contributed by atoms with E-state index in [0.29, 0.717) is 16.9 Å². The number of hydrogen-bond acceptors (Lipinski definition) is 6. The molecule has 1 N–H and O–H groups in total. The lowest BCUT2D eigenvalue weighted by molar-refractivity contribution is -0.142. The SMILES string of the molecule is C[C@@H](N=Cc1ncc(-c2nccc(N3CCC4(CC3)COC4)n2)[nH]1)C(F)(F)F. The summed E-state index contributed by atoms with van der Waals surface area (Å²) in [6, 6.07) is 0.0757. The summed E-state index contributed by atoms with van der Waals surface area (Å²) < 4.78 is 43.0. The molecule has 2 aliphatic rings. The van der Waals surface area contributed by atoms with Gasteiger partial charge in [-0.15, -0.1) is 0 Å². The molecular formula is C18H21F3N6O. The molecule has 7 nitrogen and oxygen atoms in total. The monoisotopic (exact) mass is 394 g/mol. The average molecular weight is 394 g/mol. The first kappa shape index (κ1) is 18.9. The van der Waals surface area contributed by atoms with E-state index in [1.54, 1.807) is 6.20 Å². The number of ether oxygens (including phenoxy) is 1. The fourth-order valence-corrected chi connectivity index (χ4v) is 3.33. The van der Waals surface area contributed by atoms with E-state index in [0.717, 1.165) is 58.1 Å². The number of aromatic amines is 1. The fourth-order valence-electron chi connectivity index (χ4n) is 3.33. The number of imidazole rings is 1. The number of aliphatic imine (C=N–C) groups is 1. The third-order valence-electron chi connectivity index (χ3n) is 5.34. The molecule has 1 spiro atoms. The minimum atomic E-state index is -4.37.